The molecule has 0 aliphatic rings. The SMILES string of the molecule is COC(=O)c1ccc(N/N=C(\C#N)C(=N)N)cc1OC. The normalized spacial score (nSPS) is 10.3. The Hall–Kier alpha value is -3.08. The number of benzene rings is 1. The third-order valence-electron chi connectivity index (χ3n) is 2.26. The predicted molar refractivity (Wildman–Crippen MR) is 72.9 cm³/mol. The van der Waals surface area contributed by atoms with E-state index < -0.39 is 11.8 Å². The fourth-order valence-corrected chi connectivity index (χ4v) is 1.31. The second-order valence-electron chi connectivity index (χ2n) is 3.50. The zero-order valence-corrected chi connectivity index (χ0v) is 10.9. The lowest BCUT2D eigenvalue weighted by molar-refractivity contribution is 0.0597. The summed E-state index contributed by atoms with van der Waals surface area (Å²) in [6.07, 6.45) is 0. The summed E-state index contributed by atoms with van der Waals surface area (Å²) in [5, 5.41) is 19.5. The smallest absolute Gasteiger partial charge is 0.341 e. The van der Waals surface area contributed by atoms with Crippen LogP contribution < -0.4 is 15.9 Å². The molecule has 8 nitrogen and oxygen atoms in total. The number of nitrogens with zero attached hydrogens (tertiary/aromatic N) is 2. The van der Waals surface area contributed by atoms with Crippen LogP contribution in [0.15, 0.2) is 23.3 Å². The molecule has 0 aliphatic heterocycles. The number of rotatable bonds is 5. The van der Waals surface area contributed by atoms with Gasteiger partial charge in [0.25, 0.3) is 0 Å². The number of esters is 1. The molecule has 0 saturated carbocycles. The van der Waals surface area contributed by atoms with Crippen LogP contribution in [-0.4, -0.2) is 31.7 Å². The third-order valence-corrected chi connectivity index (χ3v) is 2.26. The second kappa shape index (κ2) is 6.75. The average molecular weight is 275 g/mol. The number of carbonyl (C=O) groups excluding carboxylic acids is 1. The highest BCUT2D eigenvalue weighted by molar-refractivity contribution is 6.45. The zero-order chi connectivity index (χ0) is 15.1. The van der Waals surface area contributed by atoms with Gasteiger partial charge in [-0.2, -0.15) is 10.4 Å². The van der Waals surface area contributed by atoms with Gasteiger partial charge in [-0.15, -0.1) is 0 Å². The summed E-state index contributed by atoms with van der Waals surface area (Å²) in [4.78, 5) is 11.5. The highest BCUT2D eigenvalue weighted by Crippen LogP contribution is 2.23. The summed E-state index contributed by atoms with van der Waals surface area (Å²) in [5.74, 6) is -0.685. The Morgan fingerprint density at radius 3 is 2.70 bits per heavy atom. The largest absolute Gasteiger partial charge is 0.496 e. The van der Waals surface area contributed by atoms with E-state index in [2.05, 4.69) is 15.3 Å². The van der Waals surface area contributed by atoms with Crippen molar-refractivity contribution in [3.63, 3.8) is 0 Å². The average Bonchev–Trinajstić information content (AvgIpc) is 2.46. The Balaban J connectivity index is 3.03. The Morgan fingerprint density at radius 2 is 2.20 bits per heavy atom. The molecule has 0 spiro atoms. The van der Waals surface area contributed by atoms with Gasteiger partial charge in [0.2, 0.25) is 5.71 Å². The molecular formula is C12H13N5O3. The molecule has 0 unspecified atom stereocenters. The van der Waals surface area contributed by atoms with Crippen LogP contribution >= 0.6 is 0 Å². The molecule has 4 N–H and O–H groups in total. The van der Waals surface area contributed by atoms with Gasteiger partial charge in [0.15, 0.2) is 5.84 Å². The predicted octanol–water partition coefficient (Wildman–Crippen LogP) is 0.709. The van der Waals surface area contributed by atoms with Crippen LogP contribution in [0.25, 0.3) is 0 Å². The minimum Gasteiger partial charge on any atom is -0.496 e. The Morgan fingerprint density at radius 1 is 1.50 bits per heavy atom. The molecule has 0 amide bonds. The van der Waals surface area contributed by atoms with E-state index in [0.29, 0.717) is 11.4 Å². The number of amidine groups is 1. The maximum atomic E-state index is 11.5. The van der Waals surface area contributed by atoms with Gasteiger partial charge < -0.3 is 15.2 Å². The zero-order valence-electron chi connectivity index (χ0n) is 10.9. The van der Waals surface area contributed by atoms with Crippen LogP contribution in [0.1, 0.15) is 10.4 Å². The van der Waals surface area contributed by atoms with Crippen molar-refractivity contribution in [2.24, 2.45) is 10.8 Å². The van der Waals surface area contributed by atoms with Crippen molar-refractivity contribution in [1.82, 2.24) is 0 Å². The molecule has 104 valence electrons. The fourth-order valence-electron chi connectivity index (χ4n) is 1.31. The number of carbonyl (C=O) groups is 1. The molecule has 0 aromatic heterocycles. The van der Waals surface area contributed by atoms with Gasteiger partial charge in [0.05, 0.1) is 19.9 Å². The summed E-state index contributed by atoms with van der Waals surface area (Å²) >= 11 is 0. The molecule has 0 saturated heterocycles. The molecule has 1 rings (SSSR count). The Kier molecular flexibility index (Phi) is 5.05. The van der Waals surface area contributed by atoms with Gasteiger partial charge >= 0.3 is 5.97 Å². The lowest BCUT2D eigenvalue weighted by atomic mass is 10.2. The monoisotopic (exact) mass is 275 g/mol. The maximum absolute atomic E-state index is 11.5. The highest BCUT2D eigenvalue weighted by atomic mass is 16.5. The van der Waals surface area contributed by atoms with E-state index in [1.54, 1.807) is 12.1 Å². The molecular weight excluding hydrogens is 262 g/mol. The summed E-state index contributed by atoms with van der Waals surface area (Å²) < 4.78 is 9.68. The number of ether oxygens (including phenoxy) is 2. The first-order chi connectivity index (χ1) is 9.53. The van der Waals surface area contributed by atoms with Crippen LogP contribution in [-0.2, 0) is 4.74 Å². The number of hydrazone groups is 1. The first kappa shape index (κ1) is 15.0. The van der Waals surface area contributed by atoms with Crippen molar-refractivity contribution >= 4 is 23.2 Å². The molecule has 0 aliphatic carbocycles. The van der Waals surface area contributed by atoms with Gasteiger partial charge in [-0.3, -0.25) is 10.8 Å². The van der Waals surface area contributed by atoms with E-state index >= 15 is 0 Å². The third kappa shape index (κ3) is 3.46. The van der Waals surface area contributed by atoms with Crippen LogP contribution in [0.5, 0.6) is 5.75 Å². The van der Waals surface area contributed by atoms with Gasteiger partial charge in [0.1, 0.15) is 17.4 Å². The highest BCUT2D eigenvalue weighted by Gasteiger charge is 2.13. The summed E-state index contributed by atoms with van der Waals surface area (Å²) in [7, 11) is 2.68. The molecule has 0 heterocycles. The first-order valence-electron chi connectivity index (χ1n) is 5.38. The van der Waals surface area contributed by atoms with Crippen molar-refractivity contribution in [1.29, 1.82) is 10.7 Å². The lowest BCUT2D eigenvalue weighted by Crippen LogP contribution is -2.21. The standard InChI is InChI=1S/C12H13N5O3/c1-19-10-5-7(3-4-8(10)12(18)20-2)16-17-9(6-13)11(14)15/h3-5,16H,1-2H3,(H3,14,15)/b17-9+. The van der Waals surface area contributed by atoms with E-state index in [4.69, 9.17) is 21.1 Å². The second-order valence-corrected chi connectivity index (χ2v) is 3.50. The van der Waals surface area contributed by atoms with Crippen LogP contribution in [0.3, 0.4) is 0 Å². The molecule has 0 bridgehead atoms. The van der Waals surface area contributed by atoms with E-state index in [0.717, 1.165) is 0 Å². The van der Waals surface area contributed by atoms with Gasteiger partial charge in [-0.25, -0.2) is 4.79 Å². The van der Waals surface area contributed by atoms with Crippen LogP contribution in [0, 0.1) is 16.7 Å². The quantitative estimate of drug-likeness (QED) is 0.313. The summed E-state index contributed by atoms with van der Waals surface area (Å²) in [6, 6.07) is 6.21. The number of hydrogen-bond donors (Lipinski definition) is 3. The van der Waals surface area contributed by atoms with Crippen LogP contribution in [0.2, 0.25) is 0 Å². The lowest BCUT2D eigenvalue weighted by Gasteiger charge is -2.09. The van der Waals surface area contributed by atoms with E-state index in [1.165, 1.54) is 26.4 Å². The van der Waals surface area contributed by atoms with Gasteiger partial charge in [-0.1, -0.05) is 0 Å². The van der Waals surface area contributed by atoms with Crippen molar-refractivity contribution in [2.45, 2.75) is 0 Å². The molecule has 0 radical (unpaired) electrons. The molecule has 0 fully saturated rings. The molecule has 20 heavy (non-hydrogen) atoms. The van der Waals surface area contributed by atoms with Crippen molar-refractivity contribution in [3.05, 3.63) is 23.8 Å². The summed E-state index contributed by atoms with van der Waals surface area (Å²) in [6.45, 7) is 0. The minimum absolute atomic E-state index is 0.249. The maximum Gasteiger partial charge on any atom is 0.341 e. The van der Waals surface area contributed by atoms with Crippen LogP contribution in [0.4, 0.5) is 5.69 Å². The number of nitrogens with two attached hydrogens (primary N) is 1. The number of hydrogen-bond acceptors (Lipinski definition) is 7. The van der Waals surface area contributed by atoms with Gasteiger partial charge in [0, 0.05) is 6.07 Å². The molecule has 1 aromatic carbocycles. The first-order valence-corrected chi connectivity index (χ1v) is 5.38. The van der Waals surface area contributed by atoms with Crippen molar-refractivity contribution in [3.8, 4) is 11.8 Å². The Labute approximate surface area is 115 Å². The number of methoxy groups -OCH3 is 2. The van der Waals surface area contributed by atoms with Crippen molar-refractivity contribution < 1.29 is 14.3 Å². The summed E-state index contributed by atoms with van der Waals surface area (Å²) in [5.41, 5.74) is 8.18. The molecule has 8 heteroatoms. The minimum atomic E-state index is -0.529. The fraction of sp³-hybridized carbons (Fsp3) is 0.167. The Bertz CT molecular complexity index is 604. The van der Waals surface area contributed by atoms with Crippen molar-refractivity contribution in [2.75, 3.05) is 19.6 Å². The van der Waals surface area contributed by atoms with Gasteiger partial charge in [-0.05, 0) is 12.1 Å². The number of nitriles is 1. The number of anilines is 1. The number of nitrogens with one attached hydrogen (secondary N) is 2. The van der Waals surface area contributed by atoms with E-state index in [1.807, 2.05) is 0 Å². The topological polar surface area (TPSA) is 134 Å². The van der Waals surface area contributed by atoms with E-state index in [-0.39, 0.29) is 11.3 Å². The van der Waals surface area contributed by atoms with E-state index in [9.17, 15) is 4.79 Å². The molecule has 1 aromatic rings. The molecule has 0 atom stereocenters.